The first-order valence-corrected chi connectivity index (χ1v) is 5.93. The van der Waals surface area contributed by atoms with Crippen molar-refractivity contribution in [3.63, 3.8) is 0 Å². The van der Waals surface area contributed by atoms with Crippen LogP contribution in [0, 0.1) is 0 Å². The first-order chi connectivity index (χ1) is 7.77. The van der Waals surface area contributed by atoms with Gasteiger partial charge in [-0.05, 0) is 0 Å². The molecule has 88 valence electrons. The number of thiophene rings is 1. The second kappa shape index (κ2) is 4.71. The molecule has 0 aliphatic carbocycles. The summed E-state index contributed by atoms with van der Waals surface area (Å²) in [6, 6.07) is 0. The molecule has 0 bridgehead atoms. The monoisotopic (exact) mass is 242 g/mol. The minimum Gasteiger partial charge on any atom is -0.489 e. The van der Waals surface area contributed by atoms with E-state index in [1.54, 1.807) is 0 Å². The first kappa shape index (κ1) is 11.2. The van der Waals surface area contributed by atoms with E-state index < -0.39 is 0 Å². The van der Waals surface area contributed by atoms with Crippen molar-refractivity contribution in [1.29, 1.82) is 0 Å². The molecule has 1 aromatic heterocycles. The number of anilines is 1. The molecule has 0 amide bonds. The average molecular weight is 242 g/mol. The van der Waals surface area contributed by atoms with E-state index in [4.69, 9.17) is 15.2 Å². The van der Waals surface area contributed by atoms with Crippen LogP contribution in [-0.4, -0.2) is 39.3 Å². The molecule has 16 heavy (non-hydrogen) atoms. The third-order valence-electron chi connectivity index (χ3n) is 2.44. The van der Waals surface area contributed by atoms with E-state index in [1.807, 2.05) is 5.38 Å². The van der Waals surface area contributed by atoms with Crippen molar-refractivity contribution in [2.75, 3.05) is 38.3 Å². The Morgan fingerprint density at radius 2 is 2.56 bits per heavy atom. The van der Waals surface area contributed by atoms with Gasteiger partial charge in [-0.25, -0.2) is 4.79 Å². The van der Waals surface area contributed by atoms with Crippen LogP contribution in [0.4, 0.5) is 5.69 Å². The summed E-state index contributed by atoms with van der Waals surface area (Å²) in [5, 5.41) is 1.84. The summed E-state index contributed by atoms with van der Waals surface area (Å²) in [5.74, 6) is 0.434. The van der Waals surface area contributed by atoms with Gasteiger partial charge in [0.2, 0.25) is 0 Å². The summed E-state index contributed by atoms with van der Waals surface area (Å²) in [4.78, 5) is 14.2. The number of nitrogens with two attached hydrogens (primary N) is 1. The Hall–Kier alpha value is -1.27. The minimum absolute atomic E-state index is 0.321. The Morgan fingerprint density at radius 1 is 1.75 bits per heavy atom. The van der Waals surface area contributed by atoms with Crippen molar-refractivity contribution in [2.45, 2.75) is 0 Å². The van der Waals surface area contributed by atoms with Gasteiger partial charge in [0, 0.05) is 18.5 Å². The van der Waals surface area contributed by atoms with Crippen molar-refractivity contribution in [2.24, 2.45) is 5.73 Å². The van der Waals surface area contributed by atoms with Crippen molar-refractivity contribution in [1.82, 2.24) is 0 Å². The molecule has 1 aliphatic heterocycles. The summed E-state index contributed by atoms with van der Waals surface area (Å²) in [6.45, 7) is 2.66. The highest BCUT2D eigenvalue weighted by Gasteiger charge is 2.27. The third-order valence-corrected chi connectivity index (χ3v) is 3.36. The molecule has 2 N–H and O–H groups in total. The van der Waals surface area contributed by atoms with E-state index in [0.29, 0.717) is 18.0 Å². The molecule has 0 spiro atoms. The highest BCUT2D eigenvalue weighted by atomic mass is 32.1. The number of carbonyl (C=O) groups is 1. The number of methoxy groups -OCH3 is 1. The molecule has 0 aromatic carbocycles. The van der Waals surface area contributed by atoms with Gasteiger partial charge in [0.1, 0.15) is 17.2 Å². The molecule has 0 unspecified atom stereocenters. The van der Waals surface area contributed by atoms with Gasteiger partial charge in [0.15, 0.2) is 5.75 Å². The second-order valence-electron chi connectivity index (χ2n) is 3.39. The second-order valence-corrected chi connectivity index (χ2v) is 4.27. The molecule has 0 fully saturated rings. The SMILES string of the molecule is COC(=O)c1scc2c1N(CCN)CCO2. The molecule has 5 nitrogen and oxygen atoms in total. The maximum Gasteiger partial charge on any atom is 0.350 e. The Labute approximate surface area is 97.7 Å². The molecule has 0 saturated carbocycles. The van der Waals surface area contributed by atoms with E-state index in [9.17, 15) is 4.79 Å². The number of fused-ring (bicyclic) bond motifs is 1. The van der Waals surface area contributed by atoms with Crippen LogP contribution in [0.3, 0.4) is 0 Å². The van der Waals surface area contributed by atoms with Gasteiger partial charge in [0.05, 0.1) is 13.7 Å². The molecular formula is C10H14N2O3S. The van der Waals surface area contributed by atoms with Gasteiger partial charge in [-0.2, -0.15) is 0 Å². The number of hydrogen-bond acceptors (Lipinski definition) is 6. The Balaban J connectivity index is 2.35. The number of hydrogen-bond donors (Lipinski definition) is 1. The van der Waals surface area contributed by atoms with E-state index >= 15 is 0 Å². The summed E-state index contributed by atoms with van der Waals surface area (Å²) >= 11 is 1.35. The van der Waals surface area contributed by atoms with E-state index in [-0.39, 0.29) is 5.97 Å². The first-order valence-electron chi connectivity index (χ1n) is 5.05. The molecule has 0 radical (unpaired) electrons. The summed E-state index contributed by atoms with van der Waals surface area (Å²) in [5.41, 5.74) is 6.38. The lowest BCUT2D eigenvalue weighted by Crippen LogP contribution is -2.36. The largest absolute Gasteiger partial charge is 0.489 e. The lowest BCUT2D eigenvalue weighted by molar-refractivity contribution is 0.0606. The van der Waals surface area contributed by atoms with Crippen molar-refractivity contribution in [3.8, 4) is 5.75 Å². The number of ether oxygens (including phenoxy) is 2. The van der Waals surface area contributed by atoms with Gasteiger partial charge in [-0.15, -0.1) is 11.3 Å². The zero-order valence-corrected chi connectivity index (χ0v) is 9.88. The van der Waals surface area contributed by atoms with Crippen molar-refractivity contribution in [3.05, 3.63) is 10.3 Å². The lowest BCUT2D eigenvalue weighted by Gasteiger charge is -2.29. The van der Waals surface area contributed by atoms with Gasteiger partial charge in [-0.1, -0.05) is 0 Å². The fraction of sp³-hybridized carbons (Fsp3) is 0.500. The standard InChI is InChI=1S/C10H14N2O3S/c1-14-10(13)9-8-7(6-16-9)15-5-4-12(8)3-2-11/h6H,2-5,11H2,1H3. The molecule has 2 heterocycles. The predicted molar refractivity (Wildman–Crippen MR) is 62.4 cm³/mol. The molecule has 2 rings (SSSR count). The fourth-order valence-electron chi connectivity index (χ4n) is 1.73. The molecule has 0 saturated heterocycles. The topological polar surface area (TPSA) is 64.8 Å². The highest BCUT2D eigenvalue weighted by molar-refractivity contribution is 7.13. The lowest BCUT2D eigenvalue weighted by atomic mass is 10.2. The third kappa shape index (κ3) is 1.85. The van der Waals surface area contributed by atoms with Gasteiger partial charge < -0.3 is 20.1 Å². The molecule has 0 atom stereocenters. The molecule has 6 heteroatoms. The number of rotatable bonds is 3. The Morgan fingerprint density at radius 3 is 3.25 bits per heavy atom. The van der Waals surface area contributed by atoms with Crippen LogP contribution in [0.15, 0.2) is 5.38 Å². The molecule has 1 aromatic rings. The van der Waals surface area contributed by atoms with E-state index in [2.05, 4.69) is 4.90 Å². The normalized spacial score (nSPS) is 14.2. The van der Waals surface area contributed by atoms with Gasteiger partial charge >= 0.3 is 5.97 Å². The number of esters is 1. The van der Waals surface area contributed by atoms with Crippen molar-refractivity contribution >= 4 is 23.0 Å². The van der Waals surface area contributed by atoms with Crippen LogP contribution in [-0.2, 0) is 4.74 Å². The minimum atomic E-state index is -0.321. The van der Waals surface area contributed by atoms with Gasteiger partial charge in [-0.3, -0.25) is 0 Å². The molecular weight excluding hydrogens is 228 g/mol. The van der Waals surface area contributed by atoms with Crippen LogP contribution < -0.4 is 15.4 Å². The van der Waals surface area contributed by atoms with E-state index in [0.717, 1.165) is 24.5 Å². The zero-order chi connectivity index (χ0) is 11.5. The fourth-order valence-corrected chi connectivity index (χ4v) is 2.66. The van der Waals surface area contributed by atoms with Crippen LogP contribution in [0.5, 0.6) is 5.75 Å². The Kier molecular flexibility index (Phi) is 3.31. The van der Waals surface area contributed by atoms with E-state index in [1.165, 1.54) is 18.4 Å². The average Bonchev–Trinajstić information content (AvgIpc) is 2.73. The quantitative estimate of drug-likeness (QED) is 0.790. The van der Waals surface area contributed by atoms with Gasteiger partial charge in [0.25, 0.3) is 0 Å². The maximum absolute atomic E-state index is 11.6. The Bertz CT molecular complexity index is 391. The zero-order valence-electron chi connectivity index (χ0n) is 9.06. The number of nitrogens with zero attached hydrogens (tertiary/aromatic N) is 1. The van der Waals surface area contributed by atoms with Crippen LogP contribution in [0.2, 0.25) is 0 Å². The summed E-state index contributed by atoms with van der Waals surface area (Å²) in [7, 11) is 1.38. The summed E-state index contributed by atoms with van der Waals surface area (Å²) in [6.07, 6.45) is 0. The highest BCUT2D eigenvalue weighted by Crippen LogP contribution is 2.40. The predicted octanol–water partition coefficient (Wildman–Crippen LogP) is 0.692. The maximum atomic E-state index is 11.6. The smallest absolute Gasteiger partial charge is 0.350 e. The van der Waals surface area contributed by atoms with Crippen LogP contribution >= 0.6 is 11.3 Å². The number of carbonyl (C=O) groups excluding carboxylic acids is 1. The van der Waals surface area contributed by atoms with Crippen LogP contribution in [0.25, 0.3) is 0 Å². The summed E-state index contributed by atoms with van der Waals surface area (Å²) < 4.78 is 10.2. The molecule has 1 aliphatic rings. The van der Waals surface area contributed by atoms with Crippen molar-refractivity contribution < 1.29 is 14.3 Å². The van der Waals surface area contributed by atoms with Crippen LogP contribution in [0.1, 0.15) is 9.67 Å².